The summed E-state index contributed by atoms with van der Waals surface area (Å²) in [5, 5.41) is 10.7. The van der Waals surface area contributed by atoms with Gasteiger partial charge >= 0.3 is 0 Å². The van der Waals surface area contributed by atoms with Crippen molar-refractivity contribution in [1.29, 1.82) is 0 Å². The largest absolute Gasteiger partial charge is 0.490 e. The molecule has 1 aliphatic heterocycles. The SMILES string of the molecule is C=CCc1cc(/C=C2/SC(=O)N(CC3CCCCC3)C2=O)cc(OCC)c1OCc1ccc([N+](=O)[O-])cc1. The molecule has 1 aliphatic carbocycles. The summed E-state index contributed by atoms with van der Waals surface area (Å²) in [5.74, 6) is 1.20. The van der Waals surface area contributed by atoms with Gasteiger partial charge in [0.15, 0.2) is 11.5 Å². The molecule has 2 amide bonds. The summed E-state index contributed by atoms with van der Waals surface area (Å²) in [6.07, 6.45) is 9.65. The van der Waals surface area contributed by atoms with Crippen molar-refractivity contribution in [1.82, 2.24) is 4.90 Å². The molecule has 0 radical (unpaired) electrons. The third kappa shape index (κ3) is 6.64. The third-order valence-electron chi connectivity index (χ3n) is 6.69. The highest BCUT2D eigenvalue weighted by molar-refractivity contribution is 8.18. The molecule has 0 bridgehead atoms. The normalized spacial score (nSPS) is 17.2. The number of allylic oxidation sites excluding steroid dienone is 1. The molecule has 2 aliphatic rings. The van der Waals surface area contributed by atoms with E-state index < -0.39 is 4.92 Å². The Kier molecular flexibility index (Phi) is 9.23. The number of ether oxygens (including phenoxy) is 2. The molecule has 38 heavy (non-hydrogen) atoms. The average Bonchev–Trinajstić information content (AvgIpc) is 3.16. The summed E-state index contributed by atoms with van der Waals surface area (Å²) in [4.78, 5) is 38.0. The predicted octanol–water partition coefficient (Wildman–Crippen LogP) is 6.92. The zero-order valence-corrected chi connectivity index (χ0v) is 22.3. The molecule has 2 aromatic rings. The molecule has 0 unspecified atom stereocenters. The zero-order valence-electron chi connectivity index (χ0n) is 21.5. The highest BCUT2D eigenvalue weighted by Crippen LogP contribution is 2.38. The Balaban J connectivity index is 1.56. The fraction of sp³-hybridized carbons (Fsp3) is 0.379. The molecule has 2 aromatic carbocycles. The Morgan fingerprint density at radius 1 is 1.13 bits per heavy atom. The first kappa shape index (κ1) is 27.4. The number of hydrogen-bond acceptors (Lipinski definition) is 7. The van der Waals surface area contributed by atoms with Crippen molar-refractivity contribution in [2.24, 2.45) is 5.92 Å². The van der Waals surface area contributed by atoms with Crippen LogP contribution in [-0.4, -0.2) is 34.1 Å². The van der Waals surface area contributed by atoms with Crippen LogP contribution in [0.15, 0.2) is 54.0 Å². The van der Waals surface area contributed by atoms with Gasteiger partial charge in [-0.05, 0) is 85.3 Å². The van der Waals surface area contributed by atoms with Crippen LogP contribution in [0.4, 0.5) is 10.5 Å². The van der Waals surface area contributed by atoms with E-state index in [1.807, 2.05) is 13.0 Å². The van der Waals surface area contributed by atoms with E-state index in [1.54, 1.807) is 30.4 Å². The smallest absolute Gasteiger partial charge is 0.293 e. The Morgan fingerprint density at radius 2 is 1.87 bits per heavy atom. The predicted molar refractivity (Wildman–Crippen MR) is 148 cm³/mol. The van der Waals surface area contributed by atoms with Crippen LogP contribution in [0.3, 0.4) is 0 Å². The quantitative estimate of drug-likeness (QED) is 0.133. The maximum Gasteiger partial charge on any atom is 0.293 e. The van der Waals surface area contributed by atoms with Gasteiger partial charge in [-0.3, -0.25) is 24.6 Å². The molecule has 1 heterocycles. The van der Waals surface area contributed by atoms with Crippen LogP contribution in [0, 0.1) is 16.0 Å². The fourth-order valence-corrected chi connectivity index (χ4v) is 5.65. The lowest BCUT2D eigenvalue weighted by Gasteiger charge is -2.25. The average molecular weight is 537 g/mol. The number of nitro benzene ring substituents is 1. The Labute approximate surface area is 226 Å². The first-order valence-electron chi connectivity index (χ1n) is 12.9. The Bertz CT molecular complexity index is 1230. The van der Waals surface area contributed by atoms with E-state index in [0.717, 1.165) is 54.1 Å². The number of benzene rings is 2. The number of carbonyl (C=O) groups excluding carboxylic acids is 2. The highest BCUT2D eigenvalue weighted by Gasteiger charge is 2.36. The van der Waals surface area contributed by atoms with E-state index in [4.69, 9.17) is 9.47 Å². The number of amides is 2. The minimum absolute atomic E-state index is 0.0172. The maximum absolute atomic E-state index is 13.1. The molecule has 9 heteroatoms. The molecular weight excluding hydrogens is 504 g/mol. The van der Waals surface area contributed by atoms with Gasteiger partial charge < -0.3 is 9.47 Å². The van der Waals surface area contributed by atoms with Gasteiger partial charge in [0, 0.05) is 24.2 Å². The first-order valence-corrected chi connectivity index (χ1v) is 13.7. The van der Waals surface area contributed by atoms with E-state index >= 15 is 0 Å². The minimum atomic E-state index is -0.441. The Morgan fingerprint density at radius 3 is 2.53 bits per heavy atom. The molecule has 0 N–H and O–H groups in total. The summed E-state index contributed by atoms with van der Waals surface area (Å²) in [6, 6.07) is 9.90. The van der Waals surface area contributed by atoms with Crippen molar-refractivity contribution in [3.63, 3.8) is 0 Å². The molecule has 200 valence electrons. The van der Waals surface area contributed by atoms with Gasteiger partial charge in [-0.25, -0.2) is 0 Å². The van der Waals surface area contributed by atoms with Crippen LogP contribution in [0.5, 0.6) is 11.5 Å². The third-order valence-corrected chi connectivity index (χ3v) is 7.59. The lowest BCUT2D eigenvalue weighted by molar-refractivity contribution is -0.384. The van der Waals surface area contributed by atoms with Gasteiger partial charge in [-0.2, -0.15) is 0 Å². The van der Waals surface area contributed by atoms with E-state index in [0.29, 0.717) is 41.9 Å². The number of rotatable bonds is 11. The van der Waals surface area contributed by atoms with Crippen molar-refractivity contribution in [2.45, 2.75) is 52.1 Å². The van der Waals surface area contributed by atoms with Gasteiger partial charge in [0.2, 0.25) is 0 Å². The molecule has 1 saturated heterocycles. The molecule has 1 saturated carbocycles. The van der Waals surface area contributed by atoms with Crippen molar-refractivity contribution in [3.05, 3.63) is 80.8 Å². The zero-order chi connectivity index (χ0) is 27.1. The molecule has 0 aromatic heterocycles. The van der Waals surface area contributed by atoms with Crippen LogP contribution in [0.25, 0.3) is 6.08 Å². The Hall–Kier alpha value is -3.59. The van der Waals surface area contributed by atoms with Crippen molar-refractivity contribution in [2.75, 3.05) is 13.2 Å². The number of non-ortho nitro benzene ring substituents is 1. The molecule has 4 rings (SSSR count). The molecule has 0 spiro atoms. The number of hydrogen-bond donors (Lipinski definition) is 0. The van der Waals surface area contributed by atoms with Gasteiger partial charge in [-0.15, -0.1) is 6.58 Å². The van der Waals surface area contributed by atoms with Crippen molar-refractivity contribution >= 4 is 34.7 Å². The van der Waals surface area contributed by atoms with Gasteiger partial charge in [-0.1, -0.05) is 25.3 Å². The second kappa shape index (κ2) is 12.8. The number of nitro groups is 1. The topological polar surface area (TPSA) is 99.0 Å². The van der Waals surface area contributed by atoms with E-state index in [1.165, 1.54) is 23.5 Å². The van der Waals surface area contributed by atoms with E-state index in [9.17, 15) is 19.7 Å². The van der Waals surface area contributed by atoms with Gasteiger partial charge in [0.05, 0.1) is 16.4 Å². The number of nitrogens with zero attached hydrogens (tertiary/aromatic N) is 2. The molecule has 8 nitrogen and oxygen atoms in total. The van der Waals surface area contributed by atoms with E-state index in [-0.39, 0.29) is 23.4 Å². The molecule has 0 atom stereocenters. The number of thioether (sulfide) groups is 1. The summed E-state index contributed by atoms with van der Waals surface area (Å²) in [6.45, 7) is 6.81. The fourth-order valence-electron chi connectivity index (χ4n) is 4.81. The number of imide groups is 1. The van der Waals surface area contributed by atoms with Crippen LogP contribution < -0.4 is 9.47 Å². The van der Waals surface area contributed by atoms with Crippen LogP contribution in [-0.2, 0) is 17.8 Å². The van der Waals surface area contributed by atoms with Crippen molar-refractivity contribution in [3.8, 4) is 11.5 Å². The van der Waals surface area contributed by atoms with E-state index in [2.05, 4.69) is 6.58 Å². The van der Waals surface area contributed by atoms with Crippen molar-refractivity contribution < 1.29 is 24.0 Å². The van der Waals surface area contributed by atoms with Crippen LogP contribution in [0.1, 0.15) is 55.7 Å². The first-order chi connectivity index (χ1) is 18.4. The molecular formula is C29H32N2O6S. The number of carbonyl (C=O) groups is 2. The standard InChI is InChI=1S/C29H32N2O6S/c1-3-8-23-15-22(17-26-28(32)30(29(33)38-26)18-20-9-6-5-7-10-20)16-25(36-4-2)27(23)37-19-21-11-13-24(14-12-21)31(34)35/h3,11-17,20H,1,4-10,18-19H2,2H3/b26-17+. The summed E-state index contributed by atoms with van der Waals surface area (Å²) in [7, 11) is 0. The maximum atomic E-state index is 13.1. The summed E-state index contributed by atoms with van der Waals surface area (Å²) >= 11 is 0.977. The van der Waals surface area contributed by atoms with Gasteiger partial charge in [0.25, 0.3) is 16.8 Å². The molecule has 2 fully saturated rings. The highest BCUT2D eigenvalue weighted by atomic mass is 32.2. The van der Waals surface area contributed by atoms with Gasteiger partial charge in [0.1, 0.15) is 6.61 Å². The van der Waals surface area contributed by atoms with Crippen LogP contribution in [0.2, 0.25) is 0 Å². The summed E-state index contributed by atoms with van der Waals surface area (Å²) < 4.78 is 12.0. The lowest BCUT2D eigenvalue weighted by Crippen LogP contribution is -2.34. The second-order valence-corrected chi connectivity index (χ2v) is 10.4. The minimum Gasteiger partial charge on any atom is -0.490 e. The monoisotopic (exact) mass is 536 g/mol. The lowest BCUT2D eigenvalue weighted by atomic mass is 9.89. The second-order valence-electron chi connectivity index (χ2n) is 9.44. The van der Waals surface area contributed by atoms with Crippen LogP contribution >= 0.6 is 11.8 Å². The summed E-state index contributed by atoms with van der Waals surface area (Å²) in [5.41, 5.74) is 2.35.